The lowest BCUT2D eigenvalue weighted by Crippen LogP contribution is -2.29. The number of amides is 1. The van der Waals surface area contributed by atoms with Crippen LogP contribution in [0.15, 0.2) is 48.5 Å². The molecular formula is C21H25NO3. The molecule has 1 unspecified atom stereocenters. The van der Waals surface area contributed by atoms with E-state index in [9.17, 15) is 4.79 Å². The summed E-state index contributed by atoms with van der Waals surface area (Å²) in [6.45, 7) is 1.37. The number of carbonyl (C=O) groups is 1. The first-order valence-electron chi connectivity index (χ1n) is 8.74. The summed E-state index contributed by atoms with van der Waals surface area (Å²) in [6.07, 6.45) is 2.51. The van der Waals surface area contributed by atoms with Gasteiger partial charge in [-0.05, 0) is 42.0 Å². The molecule has 132 valence electrons. The third-order valence-corrected chi connectivity index (χ3v) is 4.86. The van der Waals surface area contributed by atoms with Gasteiger partial charge in [0.1, 0.15) is 11.5 Å². The van der Waals surface area contributed by atoms with Crippen molar-refractivity contribution in [3.05, 3.63) is 59.7 Å². The maximum Gasteiger partial charge on any atom is 0.222 e. The van der Waals surface area contributed by atoms with Gasteiger partial charge in [0.2, 0.25) is 5.91 Å². The molecule has 3 rings (SSSR count). The number of ether oxygens (including phenoxy) is 2. The Morgan fingerprint density at radius 3 is 2.32 bits per heavy atom. The van der Waals surface area contributed by atoms with Crippen molar-refractivity contribution in [1.82, 2.24) is 4.90 Å². The molecule has 0 N–H and O–H groups in total. The van der Waals surface area contributed by atoms with Gasteiger partial charge in [-0.3, -0.25) is 4.79 Å². The second kappa shape index (κ2) is 8.06. The Morgan fingerprint density at radius 2 is 1.68 bits per heavy atom. The highest BCUT2D eigenvalue weighted by Crippen LogP contribution is 2.30. The lowest BCUT2D eigenvalue weighted by Gasteiger charge is -2.22. The van der Waals surface area contributed by atoms with Gasteiger partial charge in [-0.2, -0.15) is 0 Å². The summed E-state index contributed by atoms with van der Waals surface area (Å²) >= 11 is 0. The van der Waals surface area contributed by atoms with E-state index in [1.54, 1.807) is 14.2 Å². The first kappa shape index (κ1) is 17.3. The molecule has 0 aliphatic carbocycles. The summed E-state index contributed by atoms with van der Waals surface area (Å²) in [5.74, 6) is 2.17. The largest absolute Gasteiger partial charge is 0.497 e. The number of benzene rings is 2. The molecule has 25 heavy (non-hydrogen) atoms. The summed E-state index contributed by atoms with van der Waals surface area (Å²) in [6, 6.07) is 16.3. The van der Waals surface area contributed by atoms with Gasteiger partial charge in [-0.15, -0.1) is 0 Å². The third kappa shape index (κ3) is 4.32. The maximum atomic E-state index is 12.6. The fourth-order valence-electron chi connectivity index (χ4n) is 3.44. The van der Waals surface area contributed by atoms with Crippen LogP contribution in [0.3, 0.4) is 0 Å². The number of methoxy groups -OCH3 is 2. The lowest BCUT2D eigenvalue weighted by molar-refractivity contribution is -0.131. The number of hydrogen-bond acceptors (Lipinski definition) is 3. The highest BCUT2D eigenvalue weighted by Gasteiger charge is 2.23. The monoisotopic (exact) mass is 339 g/mol. The molecule has 1 heterocycles. The SMILES string of the molecule is COc1cc(CN2CCC(c3ccccc3)CCC2=O)cc(OC)c1. The number of carbonyl (C=O) groups excluding carboxylic acids is 1. The molecule has 2 aromatic carbocycles. The molecule has 4 heteroatoms. The molecule has 0 bridgehead atoms. The van der Waals surface area contributed by atoms with Crippen LogP contribution in [-0.4, -0.2) is 31.6 Å². The van der Waals surface area contributed by atoms with Crippen LogP contribution in [-0.2, 0) is 11.3 Å². The van der Waals surface area contributed by atoms with Crippen LogP contribution in [0.1, 0.15) is 36.3 Å². The fourth-order valence-corrected chi connectivity index (χ4v) is 3.44. The zero-order valence-corrected chi connectivity index (χ0v) is 14.9. The quantitative estimate of drug-likeness (QED) is 0.826. The van der Waals surface area contributed by atoms with Crippen LogP contribution >= 0.6 is 0 Å². The number of likely N-dealkylation sites (tertiary alicyclic amines) is 1. The molecule has 1 aliphatic rings. The second-order valence-corrected chi connectivity index (χ2v) is 6.47. The average molecular weight is 339 g/mol. The second-order valence-electron chi connectivity index (χ2n) is 6.47. The molecule has 0 radical (unpaired) electrons. The zero-order chi connectivity index (χ0) is 17.6. The molecule has 1 amide bonds. The van der Waals surface area contributed by atoms with Crippen molar-refractivity contribution < 1.29 is 14.3 Å². The Morgan fingerprint density at radius 1 is 1.00 bits per heavy atom. The first-order valence-corrected chi connectivity index (χ1v) is 8.74. The van der Waals surface area contributed by atoms with Crippen molar-refractivity contribution in [2.24, 2.45) is 0 Å². The van der Waals surface area contributed by atoms with Gasteiger partial charge in [-0.25, -0.2) is 0 Å². The van der Waals surface area contributed by atoms with E-state index in [0.717, 1.165) is 36.4 Å². The number of hydrogen-bond donors (Lipinski definition) is 0. The molecule has 1 fully saturated rings. The zero-order valence-electron chi connectivity index (χ0n) is 14.9. The van der Waals surface area contributed by atoms with E-state index in [0.29, 0.717) is 18.9 Å². The molecule has 0 aromatic heterocycles. The summed E-state index contributed by atoms with van der Waals surface area (Å²) in [5, 5.41) is 0. The van der Waals surface area contributed by atoms with E-state index in [4.69, 9.17) is 9.47 Å². The fraction of sp³-hybridized carbons (Fsp3) is 0.381. The Labute approximate surface area is 149 Å². The molecule has 2 aromatic rings. The van der Waals surface area contributed by atoms with Crippen molar-refractivity contribution in [3.63, 3.8) is 0 Å². The standard InChI is InChI=1S/C21H25NO3/c1-24-19-12-16(13-20(14-19)25-2)15-22-11-10-18(8-9-21(22)23)17-6-4-3-5-7-17/h3-7,12-14,18H,8-11,15H2,1-2H3. The van der Waals surface area contributed by atoms with Gasteiger partial charge in [-0.1, -0.05) is 30.3 Å². The van der Waals surface area contributed by atoms with E-state index < -0.39 is 0 Å². The topological polar surface area (TPSA) is 38.8 Å². The molecule has 1 saturated heterocycles. The Bertz CT molecular complexity index is 692. The van der Waals surface area contributed by atoms with Crippen molar-refractivity contribution in [2.75, 3.05) is 20.8 Å². The number of rotatable bonds is 5. The third-order valence-electron chi connectivity index (χ3n) is 4.86. The van der Waals surface area contributed by atoms with Crippen molar-refractivity contribution in [3.8, 4) is 11.5 Å². The highest BCUT2D eigenvalue weighted by molar-refractivity contribution is 5.76. The molecule has 1 aliphatic heterocycles. The Balaban J connectivity index is 1.72. The van der Waals surface area contributed by atoms with Gasteiger partial charge in [0, 0.05) is 25.6 Å². The van der Waals surface area contributed by atoms with E-state index in [1.807, 2.05) is 29.2 Å². The van der Waals surface area contributed by atoms with Crippen molar-refractivity contribution >= 4 is 5.91 Å². The van der Waals surface area contributed by atoms with E-state index in [1.165, 1.54) is 5.56 Å². The Hall–Kier alpha value is -2.49. The van der Waals surface area contributed by atoms with Crippen LogP contribution in [0.4, 0.5) is 0 Å². The number of nitrogens with zero attached hydrogens (tertiary/aromatic N) is 1. The van der Waals surface area contributed by atoms with Gasteiger partial charge in [0.15, 0.2) is 0 Å². The lowest BCUT2D eigenvalue weighted by atomic mass is 9.92. The van der Waals surface area contributed by atoms with E-state index >= 15 is 0 Å². The summed E-state index contributed by atoms with van der Waals surface area (Å²) < 4.78 is 10.7. The predicted molar refractivity (Wildman–Crippen MR) is 98.0 cm³/mol. The summed E-state index contributed by atoms with van der Waals surface area (Å²) in [7, 11) is 3.28. The van der Waals surface area contributed by atoms with E-state index in [-0.39, 0.29) is 5.91 Å². The maximum absolute atomic E-state index is 12.6. The van der Waals surface area contributed by atoms with Crippen LogP contribution in [0, 0.1) is 0 Å². The van der Waals surface area contributed by atoms with Gasteiger partial charge in [0.05, 0.1) is 14.2 Å². The highest BCUT2D eigenvalue weighted by atomic mass is 16.5. The molecule has 0 spiro atoms. The van der Waals surface area contributed by atoms with Crippen molar-refractivity contribution in [2.45, 2.75) is 31.7 Å². The molecular weight excluding hydrogens is 314 g/mol. The summed E-state index contributed by atoms with van der Waals surface area (Å²) in [4.78, 5) is 14.5. The normalized spacial score (nSPS) is 17.9. The van der Waals surface area contributed by atoms with Crippen LogP contribution in [0.5, 0.6) is 11.5 Å². The van der Waals surface area contributed by atoms with Gasteiger partial charge in [0.25, 0.3) is 0 Å². The van der Waals surface area contributed by atoms with Gasteiger partial charge >= 0.3 is 0 Å². The Kier molecular flexibility index (Phi) is 5.59. The first-order chi connectivity index (χ1) is 12.2. The van der Waals surface area contributed by atoms with Crippen LogP contribution in [0.25, 0.3) is 0 Å². The smallest absolute Gasteiger partial charge is 0.222 e. The predicted octanol–water partition coefficient (Wildman–Crippen LogP) is 4.00. The minimum atomic E-state index is 0.222. The molecule has 1 atom stereocenters. The van der Waals surface area contributed by atoms with Crippen molar-refractivity contribution in [1.29, 1.82) is 0 Å². The average Bonchev–Trinajstić information content (AvgIpc) is 2.84. The summed E-state index contributed by atoms with van der Waals surface area (Å²) in [5.41, 5.74) is 2.36. The minimum absolute atomic E-state index is 0.222. The van der Waals surface area contributed by atoms with Crippen LogP contribution in [0.2, 0.25) is 0 Å². The molecule has 4 nitrogen and oxygen atoms in total. The van der Waals surface area contributed by atoms with E-state index in [2.05, 4.69) is 24.3 Å². The van der Waals surface area contributed by atoms with Gasteiger partial charge < -0.3 is 14.4 Å². The molecule has 0 saturated carbocycles. The minimum Gasteiger partial charge on any atom is -0.497 e. The van der Waals surface area contributed by atoms with Crippen LogP contribution < -0.4 is 9.47 Å².